The Morgan fingerprint density at radius 3 is 2.72 bits per heavy atom. The van der Waals surface area contributed by atoms with Crippen LogP contribution in [0.15, 0.2) is 53.0 Å². The standard InChI is InChI=1S/C22H23BrN4O2/c1-3-26-19-11-7-5-9-17(19)25-21(26)14(2)24-22(29)15-12-20(28)27(13-15)18-10-6-4-8-16(18)23/h4-11,14-15H,3,12-13H2,1-2H3,(H,24,29). The first-order valence-corrected chi connectivity index (χ1v) is 10.6. The Bertz CT molecular complexity index is 1080. The van der Waals surface area contributed by atoms with Gasteiger partial charge >= 0.3 is 0 Å². The molecule has 2 unspecified atom stereocenters. The van der Waals surface area contributed by atoms with Crippen LogP contribution in [-0.4, -0.2) is 27.9 Å². The molecule has 0 bridgehead atoms. The molecule has 7 heteroatoms. The van der Waals surface area contributed by atoms with Crippen molar-refractivity contribution in [2.45, 2.75) is 32.9 Å². The van der Waals surface area contributed by atoms with Crippen LogP contribution >= 0.6 is 15.9 Å². The molecule has 0 spiro atoms. The van der Waals surface area contributed by atoms with E-state index in [9.17, 15) is 9.59 Å². The summed E-state index contributed by atoms with van der Waals surface area (Å²) in [6.45, 7) is 5.16. The topological polar surface area (TPSA) is 67.2 Å². The fraction of sp³-hybridized carbons (Fsp3) is 0.318. The van der Waals surface area contributed by atoms with Gasteiger partial charge in [0.2, 0.25) is 11.8 Å². The predicted octanol–water partition coefficient (Wildman–Crippen LogP) is 4.05. The zero-order chi connectivity index (χ0) is 20.5. The Kier molecular flexibility index (Phi) is 5.41. The number of carbonyl (C=O) groups excluding carboxylic acids is 2. The fourth-order valence-corrected chi connectivity index (χ4v) is 4.44. The number of anilines is 1. The molecule has 6 nitrogen and oxygen atoms in total. The molecule has 1 N–H and O–H groups in total. The SMILES string of the molecule is CCn1c(C(C)NC(=O)C2CC(=O)N(c3ccccc3Br)C2)nc2ccccc21. The van der Waals surface area contributed by atoms with Crippen molar-refractivity contribution in [2.24, 2.45) is 5.92 Å². The molecule has 1 aliphatic rings. The Labute approximate surface area is 178 Å². The van der Waals surface area contributed by atoms with Gasteiger partial charge in [-0.3, -0.25) is 9.59 Å². The Balaban J connectivity index is 1.50. The molecule has 1 saturated heterocycles. The van der Waals surface area contributed by atoms with Crippen LogP contribution < -0.4 is 10.2 Å². The number of benzene rings is 2. The number of aryl methyl sites for hydroxylation is 1. The summed E-state index contributed by atoms with van der Waals surface area (Å²) in [4.78, 5) is 31.8. The van der Waals surface area contributed by atoms with Gasteiger partial charge in [0.05, 0.1) is 28.7 Å². The van der Waals surface area contributed by atoms with E-state index in [0.717, 1.165) is 33.6 Å². The predicted molar refractivity (Wildman–Crippen MR) is 117 cm³/mol. The van der Waals surface area contributed by atoms with E-state index in [0.29, 0.717) is 6.54 Å². The quantitative estimate of drug-likeness (QED) is 0.632. The lowest BCUT2D eigenvalue weighted by Crippen LogP contribution is -2.35. The summed E-state index contributed by atoms with van der Waals surface area (Å²) in [5.74, 6) is 0.297. The number of para-hydroxylation sites is 3. The third-order valence-electron chi connectivity index (χ3n) is 5.39. The van der Waals surface area contributed by atoms with Crippen LogP contribution in [0.4, 0.5) is 5.69 Å². The van der Waals surface area contributed by atoms with E-state index in [1.165, 1.54) is 0 Å². The number of aromatic nitrogens is 2. The summed E-state index contributed by atoms with van der Waals surface area (Å²) in [6.07, 6.45) is 0.212. The molecular formula is C22H23BrN4O2. The van der Waals surface area contributed by atoms with E-state index in [1.54, 1.807) is 4.90 Å². The molecule has 2 atom stereocenters. The number of hydrogen-bond donors (Lipinski definition) is 1. The average molecular weight is 455 g/mol. The van der Waals surface area contributed by atoms with E-state index in [1.807, 2.05) is 55.5 Å². The van der Waals surface area contributed by atoms with Gasteiger partial charge in [-0.05, 0) is 54.0 Å². The van der Waals surface area contributed by atoms with Gasteiger partial charge in [0.15, 0.2) is 0 Å². The van der Waals surface area contributed by atoms with Gasteiger partial charge in [-0.2, -0.15) is 0 Å². The Morgan fingerprint density at radius 2 is 1.97 bits per heavy atom. The van der Waals surface area contributed by atoms with Crippen molar-refractivity contribution < 1.29 is 9.59 Å². The zero-order valence-electron chi connectivity index (χ0n) is 16.4. The monoisotopic (exact) mass is 454 g/mol. The van der Waals surface area contributed by atoms with Gasteiger partial charge in [-0.25, -0.2) is 4.98 Å². The maximum Gasteiger partial charge on any atom is 0.227 e. The van der Waals surface area contributed by atoms with Crippen molar-refractivity contribution in [3.05, 3.63) is 58.8 Å². The Morgan fingerprint density at radius 1 is 1.24 bits per heavy atom. The highest BCUT2D eigenvalue weighted by Crippen LogP contribution is 2.31. The summed E-state index contributed by atoms with van der Waals surface area (Å²) < 4.78 is 2.97. The second-order valence-electron chi connectivity index (χ2n) is 7.29. The molecule has 1 aliphatic heterocycles. The van der Waals surface area contributed by atoms with Gasteiger partial charge < -0.3 is 14.8 Å². The number of amides is 2. The van der Waals surface area contributed by atoms with Crippen LogP contribution in [-0.2, 0) is 16.1 Å². The summed E-state index contributed by atoms with van der Waals surface area (Å²) in [5.41, 5.74) is 2.78. The molecule has 1 fully saturated rings. The highest BCUT2D eigenvalue weighted by atomic mass is 79.9. The first-order chi connectivity index (χ1) is 14.0. The smallest absolute Gasteiger partial charge is 0.227 e. The van der Waals surface area contributed by atoms with E-state index in [-0.39, 0.29) is 30.2 Å². The molecule has 0 radical (unpaired) electrons. The van der Waals surface area contributed by atoms with E-state index in [4.69, 9.17) is 4.98 Å². The summed E-state index contributed by atoms with van der Waals surface area (Å²) in [7, 11) is 0. The zero-order valence-corrected chi connectivity index (χ0v) is 18.0. The van der Waals surface area contributed by atoms with Crippen molar-refractivity contribution in [1.29, 1.82) is 0 Å². The number of hydrogen-bond acceptors (Lipinski definition) is 3. The first-order valence-electron chi connectivity index (χ1n) is 9.80. The highest BCUT2D eigenvalue weighted by Gasteiger charge is 2.36. The third kappa shape index (κ3) is 3.67. The molecule has 2 amide bonds. The van der Waals surface area contributed by atoms with Gasteiger partial charge in [0, 0.05) is 24.0 Å². The molecule has 4 rings (SSSR count). The second kappa shape index (κ2) is 7.99. The first kappa shape index (κ1) is 19.6. The van der Waals surface area contributed by atoms with E-state index < -0.39 is 0 Å². The largest absolute Gasteiger partial charge is 0.346 e. The number of carbonyl (C=O) groups is 2. The molecule has 0 saturated carbocycles. The van der Waals surface area contributed by atoms with Crippen LogP contribution in [0.2, 0.25) is 0 Å². The molecular weight excluding hydrogens is 432 g/mol. The number of rotatable bonds is 5. The Hall–Kier alpha value is -2.67. The molecule has 150 valence electrons. The third-order valence-corrected chi connectivity index (χ3v) is 6.06. The summed E-state index contributed by atoms with van der Waals surface area (Å²) in [6, 6.07) is 15.3. The fourth-order valence-electron chi connectivity index (χ4n) is 3.94. The van der Waals surface area contributed by atoms with Gasteiger partial charge in [-0.1, -0.05) is 24.3 Å². The van der Waals surface area contributed by atoms with Crippen LogP contribution in [0.25, 0.3) is 11.0 Å². The minimum absolute atomic E-state index is 0.0366. The lowest BCUT2D eigenvalue weighted by Gasteiger charge is -2.19. The van der Waals surface area contributed by atoms with Crippen LogP contribution in [0, 0.1) is 5.92 Å². The lowest BCUT2D eigenvalue weighted by atomic mass is 10.1. The number of fused-ring (bicyclic) bond motifs is 1. The van der Waals surface area contributed by atoms with Crippen molar-refractivity contribution in [3.63, 3.8) is 0 Å². The summed E-state index contributed by atoms with van der Waals surface area (Å²) in [5, 5.41) is 3.07. The maximum atomic E-state index is 12.9. The second-order valence-corrected chi connectivity index (χ2v) is 8.14. The molecule has 29 heavy (non-hydrogen) atoms. The maximum absolute atomic E-state index is 12.9. The van der Waals surface area contributed by atoms with Crippen molar-refractivity contribution in [3.8, 4) is 0 Å². The number of nitrogens with one attached hydrogen (secondary N) is 1. The van der Waals surface area contributed by atoms with Gasteiger partial charge in [0.25, 0.3) is 0 Å². The lowest BCUT2D eigenvalue weighted by molar-refractivity contribution is -0.126. The summed E-state index contributed by atoms with van der Waals surface area (Å²) >= 11 is 3.49. The molecule has 1 aromatic heterocycles. The van der Waals surface area contributed by atoms with Crippen molar-refractivity contribution in [2.75, 3.05) is 11.4 Å². The van der Waals surface area contributed by atoms with Gasteiger partial charge in [-0.15, -0.1) is 0 Å². The van der Waals surface area contributed by atoms with Crippen LogP contribution in [0.3, 0.4) is 0 Å². The molecule has 2 aromatic carbocycles. The van der Waals surface area contributed by atoms with Crippen LogP contribution in [0.1, 0.15) is 32.1 Å². The van der Waals surface area contributed by atoms with Crippen molar-refractivity contribution >= 4 is 44.5 Å². The van der Waals surface area contributed by atoms with E-state index in [2.05, 4.69) is 32.7 Å². The molecule has 0 aliphatic carbocycles. The average Bonchev–Trinajstić information content (AvgIpc) is 3.29. The van der Waals surface area contributed by atoms with Crippen LogP contribution in [0.5, 0.6) is 0 Å². The minimum Gasteiger partial charge on any atom is -0.346 e. The molecule has 2 heterocycles. The van der Waals surface area contributed by atoms with Crippen molar-refractivity contribution in [1.82, 2.24) is 14.9 Å². The molecule has 3 aromatic rings. The van der Waals surface area contributed by atoms with E-state index >= 15 is 0 Å². The number of imidazole rings is 1. The normalized spacial score (nSPS) is 17.7. The number of halogens is 1. The van der Waals surface area contributed by atoms with Gasteiger partial charge in [0.1, 0.15) is 5.82 Å². The highest BCUT2D eigenvalue weighted by molar-refractivity contribution is 9.10. The number of nitrogens with zero attached hydrogens (tertiary/aromatic N) is 3. The minimum atomic E-state index is -0.378.